The second-order valence-corrected chi connectivity index (χ2v) is 10.5. The van der Waals surface area contributed by atoms with Crippen molar-refractivity contribution in [3.8, 4) is 6.07 Å². The summed E-state index contributed by atoms with van der Waals surface area (Å²) in [5, 5.41) is 12.3. The van der Waals surface area contributed by atoms with E-state index in [1.165, 1.54) is 10.9 Å². The number of nitrogens with zero attached hydrogens (tertiary/aromatic N) is 6. The van der Waals surface area contributed by atoms with E-state index in [9.17, 15) is 14.4 Å². The van der Waals surface area contributed by atoms with Gasteiger partial charge < -0.3 is 24.6 Å². The molecule has 1 fully saturated rings. The Hall–Kier alpha value is -3.88. The standard InChI is InChI=1S/C26H37N7O5/c1-18-9-13-32(21(34)8-11-27)16-20(18)31(5)22-19-10-14-33(23(19)30-17-29-22)25(36)37-15-7-6-12-28-24(35)38-26(2,3)4/h10,14,17-18,20H,6-9,12-13,15-16H2,1-5H3,(H,28,35)/t18-,20+/m0/s1. The van der Waals surface area contributed by atoms with Crippen LogP contribution in [0.25, 0.3) is 11.0 Å². The number of hydrogen-bond acceptors (Lipinski definition) is 9. The third-order valence-corrected chi connectivity index (χ3v) is 6.46. The lowest BCUT2D eigenvalue weighted by molar-refractivity contribution is -0.131. The number of aromatic nitrogens is 3. The van der Waals surface area contributed by atoms with Crippen molar-refractivity contribution >= 4 is 34.9 Å². The monoisotopic (exact) mass is 527 g/mol. The van der Waals surface area contributed by atoms with Crippen LogP contribution in [0.15, 0.2) is 18.6 Å². The van der Waals surface area contributed by atoms with Gasteiger partial charge in [0.25, 0.3) is 0 Å². The van der Waals surface area contributed by atoms with Crippen molar-refractivity contribution in [3.63, 3.8) is 0 Å². The lowest BCUT2D eigenvalue weighted by atomic mass is 9.92. The van der Waals surface area contributed by atoms with E-state index < -0.39 is 17.8 Å². The molecule has 12 heteroatoms. The molecule has 0 aliphatic carbocycles. The fraction of sp³-hybridized carbons (Fsp3) is 0.615. The molecule has 206 valence electrons. The minimum atomic E-state index is -0.552. The number of rotatable bonds is 8. The topological polar surface area (TPSA) is 143 Å². The number of ether oxygens (including phenoxy) is 2. The molecule has 38 heavy (non-hydrogen) atoms. The van der Waals surface area contributed by atoms with Crippen molar-refractivity contribution in [1.82, 2.24) is 24.8 Å². The highest BCUT2D eigenvalue weighted by atomic mass is 16.6. The first-order chi connectivity index (χ1) is 18.0. The van der Waals surface area contributed by atoms with Crippen LogP contribution < -0.4 is 10.2 Å². The largest absolute Gasteiger partial charge is 0.449 e. The molecule has 0 saturated carbocycles. The van der Waals surface area contributed by atoms with E-state index in [0.717, 1.165) is 6.42 Å². The van der Waals surface area contributed by atoms with E-state index in [-0.39, 0.29) is 25.0 Å². The van der Waals surface area contributed by atoms with Gasteiger partial charge in [0.1, 0.15) is 24.2 Å². The Morgan fingerprint density at radius 3 is 2.74 bits per heavy atom. The van der Waals surface area contributed by atoms with E-state index in [0.29, 0.717) is 55.2 Å². The Morgan fingerprint density at radius 2 is 2.03 bits per heavy atom. The maximum absolute atomic E-state index is 12.7. The Bertz CT molecular complexity index is 1180. The first-order valence-corrected chi connectivity index (χ1v) is 12.9. The quantitative estimate of drug-likeness (QED) is 0.511. The molecule has 1 aliphatic heterocycles. The van der Waals surface area contributed by atoms with Gasteiger partial charge in [0.05, 0.1) is 24.1 Å². The van der Waals surface area contributed by atoms with E-state index in [1.54, 1.807) is 37.9 Å². The summed E-state index contributed by atoms with van der Waals surface area (Å²) in [6.07, 6.45) is 3.88. The van der Waals surface area contributed by atoms with Gasteiger partial charge in [0.15, 0.2) is 5.65 Å². The highest BCUT2D eigenvalue weighted by molar-refractivity contribution is 5.93. The maximum Gasteiger partial charge on any atom is 0.419 e. The number of amides is 2. The first-order valence-electron chi connectivity index (χ1n) is 12.9. The van der Waals surface area contributed by atoms with Gasteiger partial charge in [-0.3, -0.25) is 4.79 Å². The molecule has 3 rings (SSSR count). The molecule has 2 aromatic rings. The molecule has 2 atom stereocenters. The molecular weight excluding hydrogens is 490 g/mol. The lowest BCUT2D eigenvalue weighted by Crippen LogP contribution is -2.52. The van der Waals surface area contributed by atoms with Gasteiger partial charge in [0.2, 0.25) is 5.91 Å². The minimum Gasteiger partial charge on any atom is -0.449 e. The normalized spacial score (nSPS) is 17.5. The number of likely N-dealkylation sites (tertiary alicyclic amines) is 1. The van der Waals surface area contributed by atoms with Gasteiger partial charge in [-0.05, 0) is 52.0 Å². The van der Waals surface area contributed by atoms with Crippen molar-refractivity contribution in [2.45, 2.75) is 65.0 Å². The highest BCUT2D eigenvalue weighted by Gasteiger charge is 2.33. The summed E-state index contributed by atoms with van der Waals surface area (Å²) >= 11 is 0. The van der Waals surface area contributed by atoms with Crippen LogP contribution in [0.4, 0.5) is 15.4 Å². The van der Waals surface area contributed by atoms with E-state index in [4.69, 9.17) is 14.7 Å². The molecule has 0 unspecified atom stereocenters. The smallest absolute Gasteiger partial charge is 0.419 e. The van der Waals surface area contributed by atoms with Crippen molar-refractivity contribution < 1.29 is 23.9 Å². The van der Waals surface area contributed by atoms with Crippen LogP contribution in [-0.4, -0.2) is 82.5 Å². The SMILES string of the molecule is C[C@H]1CCN(C(=O)CC#N)C[C@H]1N(C)c1ncnc2c1ccn2C(=O)OCCCCNC(=O)OC(C)(C)C. The molecule has 0 spiro atoms. The summed E-state index contributed by atoms with van der Waals surface area (Å²) in [5.41, 5.74) is -0.122. The molecule has 12 nitrogen and oxygen atoms in total. The van der Waals surface area contributed by atoms with Crippen LogP contribution in [0.3, 0.4) is 0 Å². The summed E-state index contributed by atoms with van der Waals surface area (Å²) in [7, 11) is 1.92. The molecule has 0 aromatic carbocycles. The van der Waals surface area contributed by atoms with Crippen LogP contribution in [0.2, 0.25) is 0 Å². The van der Waals surface area contributed by atoms with E-state index in [2.05, 4.69) is 22.2 Å². The number of fused-ring (bicyclic) bond motifs is 1. The Morgan fingerprint density at radius 1 is 1.26 bits per heavy atom. The molecule has 2 aromatic heterocycles. The van der Waals surface area contributed by atoms with Crippen molar-refractivity contribution in [1.29, 1.82) is 5.26 Å². The first kappa shape index (κ1) is 28.7. The summed E-state index contributed by atoms with van der Waals surface area (Å²) < 4.78 is 11.9. The zero-order valence-electron chi connectivity index (χ0n) is 22.8. The van der Waals surface area contributed by atoms with Gasteiger partial charge in [-0.25, -0.2) is 24.1 Å². The van der Waals surface area contributed by atoms with Crippen LogP contribution in [-0.2, 0) is 14.3 Å². The number of nitrogens with one attached hydrogen (secondary N) is 1. The van der Waals surface area contributed by atoms with Crippen LogP contribution in [0.1, 0.15) is 53.4 Å². The maximum atomic E-state index is 12.7. The Kier molecular flexibility index (Phi) is 9.50. The zero-order chi connectivity index (χ0) is 27.9. The van der Waals surface area contributed by atoms with Crippen LogP contribution >= 0.6 is 0 Å². The zero-order valence-corrected chi connectivity index (χ0v) is 22.8. The van der Waals surface area contributed by atoms with Gasteiger partial charge in [0, 0.05) is 32.9 Å². The molecule has 3 heterocycles. The predicted molar refractivity (Wildman–Crippen MR) is 141 cm³/mol. The van der Waals surface area contributed by atoms with Crippen molar-refractivity contribution in [3.05, 3.63) is 18.6 Å². The number of carbonyl (C=O) groups excluding carboxylic acids is 3. The van der Waals surface area contributed by atoms with E-state index in [1.807, 2.05) is 18.0 Å². The van der Waals surface area contributed by atoms with Gasteiger partial charge in [-0.15, -0.1) is 0 Å². The fourth-order valence-corrected chi connectivity index (χ4v) is 4.44. The summed E-state index contributed by atoms with van der Waals surface area (Å²) in [6.45, 7) is 9.27. The number of likely N-dealkylation sites (N-methyl/N-ethyl adjacent to an activating group) is 1. The number of carbonyl (C=O) groups is 3. The third-order valence-electron chi connectivity index (χ3n) is 6.46. The van der Waals surface area contributed by atoms with E-state index >= 15 is 0 Å². The number of nitriles is 1. The summed E-state index contributed by atoms with van der Waals surface area (Å²) in [6, 6.07) is 3.70. The number of alkyl carbamates (subject to hydrolysis) is 1. The average molecular weight is 528 g/mol. The molecule has 1 aliphatic rings. The molecule has 0 bridgehead atoms. The van der Waals surface area contributed by atoms with Crippen molar-refractivity contribution in [2.75, 3.05) is 38.2 Å². The molecule has 1 N–H and O–H groups in total. The fourth-order valence-electron chi connectivity index (χ4n) is 4.44. The second kappa shape index (κ2) is 12.6. The lowest BCUT2D eigenvalue weighted by Gasteiger charge is -2.42. The third kappa shape index (κ3) is 7.34. The van der Waals surface area contributed by atoms with Crippen LogP contribution in [0.5, 0.6) is 0 Å². The highest BCUT2D eigenvalue weighted by Crippen LogP contribution is 2.29. The molecule has 1 saturated heterocycles. The minimum absolute atomic E-state index is 0.00548. The average Bonchev–Trinajstić information content (AvgIpc) is 3.29. The number of anilines is 1. The molecule has 0 radical (unpaired) electrons. The molecule has 2 amide bonds. The summed E-state index contributed by atoms with van der Waals surface area (Å²) in [5.74, 6) is 0.786. The Balaban J connectivity index is 1.59. The van der Waals surface area contributed by atoms with Gasteiger partial charge in [-0.2, -0.15) is 5.26 Å². The predicted octanol–water partition coefficient (Wildman–Crippen LogP) is 3.31. The summed E-state index contributed by atoms with van der Waals surface area (Å²) in [4.78, 5) is 49.3. The number of hydrogen-bond donors (Lipinski definition) is 1. The second-order valence-electron chi connectivity index (χ2n) is 10.5. The Labute approximate surface area is 222 Å². The van der Waals surface area contributed by atoms with Gasteiger partial charge in [-0.1, -0.05) is 6.92 Å². The number of unbranched alkanes of at least 4 members (excludes halogenated alkanes) is 1. The van der Waals surface area contributed by atoms with Crippen LogP contribution in [0, 0.1) is 17.2 Å². The number of piperidine rings is 1. The molecular formula is C26H37N7O5. The van der Waals surface area contributed by atoms with Gasteiger partial charge >= 0.3 is 12.2 Å². The van der Waals surface area contributed by atoms with Crippen molar-refractivity contribution in [2.24, 2.45) is 5.92 Å².